The van der Waals surface area contributed by atoms with Crippen LogP contribution >= 0.6 is 0 Å². The van der Waals surface area contributed by atoms with Crippen LogP contribution in [0.5, 0.6) is 0 Å². The second kappa shape index (κ2) is 2.38. The Morgan fingerprint density at radius 2 is 2.36 bits per heavy atom. The van der Waals surface area contributed by atoms with Crippen LogP contribution in [0.25, 0.3) is 6.20 Å². The molecule has 0 fully saturated rings. The van der Waals surface area contributed by atoms with E-state index in [1.807, 2.05) is 29.2 Å². The van der Waals surface area contributed by atoms with Gasteiger partial charge in [0.05, 0.1) is 5.69 Å². The molecule has 1 aliphatic rings. The first-order valence-electron chi connectivity index (χ1n) is 3.76. The van der Waals surface area contributed by atoms with Crippen LogP contribution in [0.3, 0.4) is 0 Å². The van der Waals surface area contributed by atoms with Gasteiger partial charge in [0.25, 0.3) is 0 Å². The summed E-state index contributed by atoms with van der Waals surface area (Å²) in [6.45, 7) is 2.16. The largest absolute Gasteiger partial charge is 0.245 e. The Morgan fingerprint density at radius 3 is 3.27 bits per heavy atom. The van der Waals surface area contributed by atoms with Crippen LogP contribution in [0.4, 0.5) is 0 Å². The van der Waals surface area contributed by atoms with Crippen molar-refractivity contribution >= 4 is 6.20 Å². The average Bonchev–Trinajstić information content (AvgIpc) is 2.40. The van der Waals surface area contributed by atoms with Crippen LogP contribution in [-0.2, 0) is 0 Å². The maximum atomic E-state index is 4.16. The van der Waals surface area contributed by atoms with Gasteiger partial charge in [-0.2, -0.15) is 5.10 Å². The normalized spacial score (nSPS) is 21.4. The Hall–Kier alpha value is -1.31. The van der Waals surface area contributed by atoms with Crippen molar-refractivity contribution in [2.45, 2.75) is 12.8 Å². The highest BCUT2D eigenvalue weighted by atomic mass is 15.3. The first-order chi connectivity index (χ1) is 5.38. The fraction of sp³-hybridized carbons (Fsp3) is 0.222. The molecule has 11 heavy (non-hydrogen) atoms. The molecule has 0 aliphatic carbocycles. The van der Waals surface area contributed by atoms with Gasteiger partial charge in [0.2, 0.25) is 0 Å². The van der Waals surface area contributed by atoms with Crippen molar-refractivity contribution < 1.29 is 0 Å². The maximum Gasteiger partial charge on any atom is 0.0501 e. The molecule has 0 spiro atoms. The topological polar surface area (TPSA) is 17.8 Å². The summed E-state index contributed by atoms with van der Waals surface area (Å²) >= 11 is 0. The van der Waals surface area contributed by atoms with E-state index >= 15 is 0 Å². The van der Waals surface area contributed by atoms with Crippen LogP contribution in [0.1, 0.15) is 18.5 Å². The van der Waals surface area contributed by atoms with Gasteiger partial charge in [-0.3, -0.25) is 0 Å². The predicted molar refractivity (Wildman–Crippen MR) is 45.1 cm³/mol. The molecule has 1 aromatic heterocycles. The summed E-state index contributed by atoms with van der Waals surface area (Å²) < 4.78 is 1.91. The Balaban J connectivity index is 2.53. The fourth-order valence-electron chi connectivity index (χ4n) is 1.27. The molecule has 0 unspecified atom stereocenters. The van der Waals surface area contributed by atoms with Crippen LogP contribution in [0, 0.1) is 0 Å². The lowest BCUT2D eigenvalue weighted by molar-refractivity contribution is 0.810. The molecule has 0 N–H and O–H groups in total. The molecule has 2 heterocycles. The minimum atomic E-state index is 0.465. The maximum absolute atomic E-state index is 4.16. The summed E-state index contributed by atoms with van der Waals surface area (Å²) in [6, 6.07) is 2.05. The van der Waals surface area contributed by atoms with E-state index in [1.54, 1.807) is 0 Å². The molecule has 0 amide bonds. The number of fused-ring (bicyclic) bond motifs is 1. The van der Waals surface area contributed by atoms with Crippen molar-refractivity contribution in [1.29, 1.82) is 0 Å². The van der Waals surface area contributed by atoms with Gasteiger partial charge in [-0.05, 0) is 12.1 Å². The van der Waals surface area contributed by atoms with E-state index in [0.717, 1.165) is 0 Å². The monoisotopic (exact) mass is 146 g/mol. The lowest BCUT2D eigenvalue weighted by Gasteiger charge is -2.03. The van der Waals surface area contributed by atoms with Crippen molar-refractivity contribution in [3.05, 3.63) is 36.2 Å². The zero-order valence-electron chi connectivity index (χ0n) is 6.44. The summed E-state index contributed by atoms with van der Waals surface area (Å²) in [4.78, 5) is 0. The Morgan fingerprint density at radius 1 is 1.45 bits per heavy atom. The minimum Gasteiger partial charge on any atom is -0.245 e. The molecule has 0 bridgehead atoms. The van der Waals surface area contributed by atoms with Crippen molar-refractivity contribution in [3.63, 3.8) is 0 Å². The molecule has 0 aromatic carbocycles. The Kier molecular flexibility index (Phi) is 1.39. The van der Waals surface area contributed by atoms with E-state index in [-0.39, 0.29) is 0 Å². The highest BCUT2D eigenvalue weighted by Gasteiger charge is 2.07. The predicted octanol–water partition coefficient (Wildman–Crippen LogP) is 2.03. The van der Waals surface area contributed by atoms with Gasteiger partial charge in [-0.25, -0.2) is 4.68 Å². The molecular formula is C9H10N2. The highest BCUT2D eigenvalue weighted by molar-refractivity contribution is 5.35. The lowest BCUT2D eigenvalue weighted by Crippen LogP contribution is -1.97. The Labute approximate surface area is 65.8 Å². The summed E-state index contributed by atoms with van der Waals surface area (Å²) in [7, 11) is 0. The molecular weight excluding hydrogens is 136 g/mol. The first kappa shape index (κ1) is 6.40. The van der Waals surface area contributed by atoms with E-state index < -0.39 is 0 Å². The number of aromatic nitrogens is 2. The van der Waals surface area contributed by atoms with Gasteiger partial charge in [0.15, 0.2) is 0 Å². The second-order valence-electron chi connectivity index (χ2n) is 2.72. The molecule has 2 heteroatoms. The number of allylic oxidation sites excluding steroid dienone is 3. The molecule has 56 valence electrons. The van der Waals surface area contributed by atoms with Crippen molar-refractivity contribution in [1.82, 2.24) is 9.78 Å². The van der Waals surface area contributed by atoms with Gasteiger partial charge >= 0.3 is 0 Å². The van der Waals surface area contributed by atoms with Crippen LogP contribution in [-0.4, -0.2) is 9.78 Å². The summed E-state index contributed by atoms with van der Waals surface area (Å²) in [5.74, 6) is 0.465. The minimum absolute atomic E-state index is 0.465. The van der Waals surface area contributed by atoms with Gasteiger partial charge in [-0.1, -0.05) is 19.1 Å². The molecule has 1 atom stereocenters. The molecule has 0 radical (unpaired) electrons. The first-order valence-corrected chi connectivity index (χ1v) is 3.76. The third-order valence-corrected chi connectivity index (χ3v) is 1.91. The molecule has 1 aliphatic heterocycles. The van der Waals surface area contributed by atoms with Gasteiger partial charge in [0.1, 0.15) is 0 Å². The molecule has 0 saturated heterocycles. The summed E-state index contributed by atoms with van der Waals surface area (Å²) in [5, 5.41) is 4.16. The number of rotatable bonds is 0. The van der Waals surface area contributed by atoms with E-state index in [4.69, 9.17) is 0 Å². The van der Waals surface area contributed by atoms with Crippen molar-refractivity contribution in [2.75, 3.05) is 0 Å². The smallest absolute Gasteiger partial charge is 0.0501 e. The fourth-order valence-corrected chi connectivity index (χ4v) is 1.27. The van der Waals surface area contributed by atoms with E-state index in [9.17, 15) is 0 Å². The number of hydrogen-bond acceptors (Lipinski definition) is 1. The van der Waals surface area contributed by atoms with Crippen molar-refractivity contribution in [2.24, 2.45) is 0 Å². The van der Waals surface area contributed by atoms with Crippen LogP contribution in [0.2, 0.25) is 0 Å². The van der Waals surface area contributed by atoms with Gasteiger partial charge < -0.3 is 0 Å². The van der Waals surface area contributed by atoms with E-state index in [1.165, 1.54) is 5.69 Å². The van der Waals surface area contributed by atoms with E-state index in [0.29, 0.717) is 5.92 Å². The molecule has 0 saturated carbocycles. The van der Waals surface area contributed by atoms with Crippen LogP contribution < -0.4 is 0 Å². The Bertz CT molecular complexity index is 307. The van der Waals surface area contributed by atoms with Gasteiger partial charge in [-0.15, -0.1) is 0 Å². The van der Waals surface area contributed by atoms with Crippen LogP contribution in [0.15, 0.2) is 30.5 Å². The third kappa shape index (κ3) is 1.00. The standard InChI is InChI=1S/C9H10N2/c1-8-4-2-3-7-11-9(8)5-6-10-11/h2-8H,1H3/t8-/m0/s1. The molecule has 1 aromatic rings. The SMILES string of the molecule is C[C@H]1C=CC=Cn2nccc21. The zero-order chi connectivity index (χ0) is 7.68. The third-order valence-electron chi connectivity index (χ3n) is 1.91. The number of hydrogen-bond donors (Lipinski definition) is 0. The lowest BCUT2D eigenvalue weighted by atomic mass is 10.1. The quantitative estimate of drug-likeness (QED) is 0.547. The molecule has 2 nitrogen and oxygen atoms in total. The van der Waals surface area contributed by atoms with Crippen molar-refractivity contribution in [3.8, 4) is 0 Å². The highest BCUT2D eigenvalue weighted by Crippen LogP contribution is 2.18. The summed E-state index contributed by atoms with van der Waals surface area (Å²) in [6.07, 6.45) is 10.0. The average molecular weight is 146 g/mol. The zero-order valence-corrected chi connectivity index (χ0v) is 6.44. The molecule has 2 rings (SSSR count). The summed E-state index contributed by atoms with van der Waals surface area (Å²) in [5.41, 5.74) is 1.25. The second-order valence-corrected chi connectivity index (χ2v) is 2.72. The van der Waals surface area contributed by atoms with Gasteiger partial charge in [0, 0.05) is 18.3 Å². The van der Waals surface area contributed by atoms with E-state index in [2.05, 4.69) is 24.2 Å². The number of nitrogens with zero attached hydrogens (tertiary/aromatic N) is 2.